The molecule has 4 heterocycles. The molecule has 3 aliphatic rings. The molecule has 2 aliphatic heterocycles. The highest BCUT2D eigenvalue weighted by atomic mass is 35.5. The van der Waals surface area contributed by atoms with E-state index in [4.69, 9.17) is 11.6 Å². The Morgan fingerprint density at radius 2 is 1.97 bits per heavy atom. The molecule has 1 saturated carbocycles. The molecule has 6 rings (SSSR count). The minimum absolute atomic E-state index is 0.0570. The fourth-order valence-electron chi connectivity index (χ4n) is 5.34. The molecule has 0 radical (unpaired) electrons. The molecule has 1 aromatic carbocycles. The molecule has 2 amide bonds. The molecule has 184 valence electrons. The molecule has 3 fully saturated rings. The lowest BCUT2D eigenvalue weighted by atomic mass is 9.93. The van der Waals surface area contributed by atoms with E-state index in [9.17, 15) is 18.7 Å². The molecule has 3 aromatic rings. The Balaban J connectivity index is 1.39. The number of hydrogen-bond donors (Lipinski definition) is 3. The lowest BCUT2D eigenvalue weighted by molar-refractivity contribution is -0.141. The van der Waals surface area contributed by atoms with Crippen molar-refractivity contribution in [2.75, 3.05) is 18.8 Å². The summed E-state index contributed by atoms with van der Waals surface area (Å²) in [6.45, 7) is 3.44. The Morgan fingerprint density at radius 3 is 2.71 bits per heavy atom. The Hall–Kier alpha value is -2.01. The van der Waals surface area contributed by atoms with Gasteiger partial charge in [-0.15, -0.1) is 11.3 Å². The molecular weight excluding hydrogens is 506 g/mol. The molecule has 3 N–H and O–H groups in total. The zero-order chi connectivity index (χ0) is 24.5. The zero-order valence-electron chi connectivity index (χ0n) is 19.2. The lowest BCUT2D eigenvalue weighted by Gasteiger charge is -2.44. The van der Waals surface area contributed by atoms with Gasteiger partial charge in [0, 0.05) is 34.7 Å². The Kier molecular flexibility index (Phi) is 5.71. The summed E-state index contributed by atoms with van der Waals surface area (Å²) in [6, 6.07) is 7.75. The van der Waals surface area contributed by atoms with Crippen molar-refractivity contribution in [3.63, 3.8) is 0 Å². The second-order valence-corrected chi connectivity index (χ2v) is 13.8. The highest BCUT2D eigenvalue weighted by Gasteiger charge is 2.58. The van der Waals surface area contributed by atoms with Crippen LogP contribution < -0.4 is 5.32 Å². The molecule has 10 heteroatoms. The van der Waals surface area contributed by atoms with Crippen molar-refractivity contribution >= 4 is 55.6 Å². The van der Waals surface area contributed by atoms with E-state index >= 15 is 0 Å². The summed E-state index contributed by atoms with van der Waals surface area (Å²) < 4.78 is 22.3. The van der Waals surface area contributed by atoms with Gasteiger partial charge in [-0.2, -0.15) is 10.6 Å². The van der Waals surface area contributed by atoms with E-state index in [1.165, 1.54) is 16.2 Å². The van der Waals surface area contributed by atoms with Crippen LogP contribution in [0.1, 0.15) is 22.4 Å². The maximum absolute atomic E-state index is 12.5. The number of hydrogen-bond acceptors (Lipinski definition) is 7. The average molecular weight is 532 g/mol. The van der Waals surface area contributed by atoms with Crippen LogP contribution >= 0.6 is 33.5 Å². The Labute approximate surface area is 213 Å². The van der Waals surface area contributed by atoms with E-state index in [1.807, 2.05) is 31.2 Å². The van der Waals surface area contributed by atoms with Crippen molar-refractivity contribution in [2.45, 2.75) is 31.6 Å². The molecule has 0 spiro atoms. The third kappa shape index (κ3) is 4.08. The standard InChI is InChI=1S/C25H26ClN3O4S2/c1-13-6-14(26)7-19(18(13)9-16-11-27-4-5-35(16,32)33)17-2-3-28-22-8-15(34-23(17)22)12-29-24(30)20-10-21(20)25(29)31/h2-3,6-8,16,20-21,27,32-33H,4-5,9-12H2,1H3. The number of carbonyl (C=O) groups is 2. The first-order chi connectivity index (χ1) is 16.7. The summed E-state index contributed by atoms with van der Waals surface area (Å²) in [4.78, 5) is 31.8. The summed E-state index contributed by atoms with van der Waals surface area (Å²) in [5, 5.41) is 3.63. The van der Waals surface area contributed by atoms with Gasteiger partial charge in [0.05, 0.1) is 39.6 Å². The molecule has 2 saturated heterocycles. The van der Waals surface area contributed by atoms with Gasteiger partial charge in [-0.1, -0.05) is 11.6 Å². The number of imide groups is 1. The number of amides is 2. The molecule has 35 heavy (non-hydrogen) atoms. The second kappa shape index (κ2) is 8.54. The zero-order valence-corrected chi connectivity index (χ0v) is 21.6. The molecule has 2 aromatic heterocycles. The number of fused-ring (bicyclic) bond motifs is 2. The van der Waals surface area contributed by atoms with Gasteiger partial charge < -0.3 is 5.32 Å². The van der Waals surface area contributed by atoms with Crippen LogP contribution in [0.4, 0.5) is 0 Å². The third-order valence-electron chi connectivity index (χ3n) is 7.38. The minimum atomic E-state index is -2.69. The number of rotatable bonds is 5. The topological polar surface area (TPSA) is 103 Å². The van der Waals surface area contributed by atoms with Crippen LogP contribution in [0.5, 0.6) is 0 Å². The molecule has 3 atom stereocenters. The van der Waals surface area contributed by atoms with E-state index < -0.39 is 10.6 Å². The van der Waals surface area contributed by atoms with Crippen LogP contribution in [0.25, 0.3) is 21.3 Å². The van der Waals surface area contributed by atoms with Crippen molar-refractivity contribution in [1.29, 1.82) is 0 Å². The molecule has 7 nitrogen and oxygen atoms in total. The van der Waals surface area contributed by atoms with Crippen LogP contribution in [0.3, 0.4) is 0 Å². The van der Waals surface area contributed by atoms with Crippen molar-refractivity contribution in [3.8, 4) is 11.1 Å². The van der Waals surface area contributed by atoms with Crippen LogP contribution in [-0.4, -0.2) is 54.9 Å². The quantitative estimate of drug-likeness (QED) is 0.413. The largest absolute Gasteiger partial charge is 0.313 e. The summed E-state index contributed by atoms with van der Waals surface area (Å²) >= 11 is 8.03. The molecule has 1 aliphatic carbocycles. The number of thiophene rings is 1. The van der Waals surface area contributed by atoms with E-state index in [1.54, 1.807) is 6.20 Å². The maximum atomic E-state index is 12.5. The van der Waals surface area contributed by atoms with Gasteiger partial charge in [-0.25, -0.2) is 0 Å². The highest BCUT2D eigenvalue weighted by Crippen LogP contribution is 2.49. The normalized spacial score (nSPS) is 26.3. The number of pyridine rings is 1. The van der Waals surface area contributed by atoms with E-state index in [0.717, 1.165) is 37.3 Å². The van der Waals surface area contributed by atoms with E-state index in [0.29, 0.717) is 36.7 Å². The molecule has 0 bridgehead atoms. The van der Waals surface area contributed by atoms with Gasteiger partial charge in [0.15, 0.2) is 0 Å². The first kappa shape index (κ1) is 23.4. The number of aromatic nitrogens is 1. The second-order valence-electron chi connectivity index (χ2n) is 9.70. The van der Waals surface area contributed by atoms with E-state index in [2.05, 4.69) is 10.3 Å². The Bertz CT molecular complexity index is 1350. The predicted octanol–water partition coefficient (Wildman–Crippen LogP) is 4.69. The van der Waals surface area contributed by atoms with Gasteiger partial charge in [0.25, 0.3) is 0 Å². The Morgan fingerprint density at radius 1 is 1.20 bits per heavy atom. The summed E-state index contributed by atoms with van der Waals surface area (Å²) in [6.07, 6.45) is 2.98. The number of piperidine rings is 1. The van der Waals surface area contributed by atoms with Gasteiger partial charge in [-0.3, -0.25) is 28.6 Å². The summed E-state index contributed by atoms with van der Waals surface area (Å²) in [7, 11) is -2.69. The number of nitrogens with zero attached hydrogens (tertiary/aromatic N) is 2. The van der Waals surface area contributed by atoms with Crippen molar-refractivity contribution in [2.24, 2.45) is 11.8 Å². The average Bonchev–Trinajstić information content (AvgIpc) is 3.44. The van der Waals surface area contributed by atoms with Crippen LogP contribution in [0.2, 0.25) is 5.02 Å². The summed E-state index contributed by atoms with van der Waals surface area (Å²) in [5.41, 5.74) is 4.76. The van der Waals surface area contributed by atoms with Gasteiger partial charge in [0.2, 0.25) is 11.8 Å². The summed E-state index contributed by atoms with van der Waals surface area (Å²) in [5.74, 6) is 0.0357. The monoisotopic (exact) mass is 531 g/mol. The van der Waals surface area contributed by atoms with Crippen molar-refractivity contribution in [3.05, 3.63) is 51.5 Å². The van der Waals surface area contributed by atoms with Crippen molar-refractivity contribution in [1.82, 2.24) is 15.2 Å². The van der Waals surface area contributed by atoms with E-state index in [-0.39, 0.29) is 35.4 Å². The van der Waals surface area contributed by atoms with Crippen molar-refractivity contribution < 1.29 is 18.7 Å². The maximum Gasteiger partial charge on any atom is 0.233 e. The predicted molar refractivity (Wildman–Crippen MR) is 140 cm³/mol. The van der Waals surface area contributed by atoms with Crippen LogP contribution in [-0.2, 0) is 22.6 Å². The molecule has 3 unspecified atom stereocenters. The number of nitrogens with one attached hydrogen (secondary N) is 1. The number of aryl methyl sites for hydroxylation is 1. The molecular formula is C25H26ClN3O4S2. The van der Waals surface area contributed by atoms with Gasteiger partial charge in [0.1, 0.15) is 0 Å². The third-order valence-corrected chi connectivity index (χ3v) is 10.9. The fraction of sp³-hybridized carbons (Fsp3) is 0.400. The van der Waals surface area contributed by atoms with Gasteiger partial charge in [-0.05, 0) is 60.7 Å². The SMILES string of the molecule is Cc1cc(Cl)cc(-c2ccnc3cc(CN4C(=O)C5CC5C4=O)sc23)c1CC1CNCCS1(O)O. The first-order valence-electron chi connectivity index (χ1n) is 11.7. The highest BCUT2D eigenvalue weighted by molar-refractivity contribution is 8.24. The number of benzene rings is 1. The van der Waals surface area contributed by atoms with Crippen LogP contribution in [0.15, 0.2) is 30.5 Å². The first-order valence-corrected chi connectivity index (χ1v) is 14.7. The smallest absolute Gasteiger partial charge is 0.233 e. The minimum Gasteiger partial charge on any atom is -0.313 e. The van der Waals surface area contributed by atoms with Gasteiger partial charge >= 0.3 is 0 Å². The van der Waals surface area contributed by atoms with Crippen LogP contribution in [0, 0.1) is 18.8 Å². The lowest BCUT2D eigenvalue weighted by Crippen LogP contribution is -2.42. The number of halogens is 1. The number of carbonyl (C=O) groups excluding carboxylic acids is 2. The fourth-order valence-corrected chi connectivity index (χ4v) is 8.34. The number of likely N-dealkylation sites (tertiary alicyclic amines) is 1.